The first kappa shape index (κ1) is 12.0. The first-order valence-corrected chi connectivity index (χ1v) is 6.93. The van der Waals surface area contributed by atoms with Gasteiger partial charge in [-0.1, -0.05) is 48.5 Å². The van der Waals surface area contributed by atoms with Gasteiger partial charge in [0.05, 0.1) is 6.33 Å². The number of hydrogen-bond donors (Lipinski definition) is 0. The van der Waals surface area contributed by atoms with Crippen LogP contribution in [0.1, 0.15) is 17.4 Å². The van der Waals surface area contributed by atoms with Crippen molar-refractivity contribution in [1.29, 1.82) is 0 Å². The Hall–Kier alpha value is -2.81. The lowest BCUT2D eigenvalue weighted by molar-refractivity contribution is 0.487. The first-order chi connectivity index (χ1) is 10.4. The van der Waals surface area contributed by atoms with Gasteiger partial charge in [-0.3, -0.25) is 0 Å². The molecular formula is C18H14N2O. The van der Waals surface area contributed by atoms with Gasteiger partial charge >= 0.3 is 0 Å². The summed E-state index contributed by atoms with van der Waals surface area (Å²) in [7, 11) is 0. The van der Waals surface area contributed by atoms with E-state index in [1.165, 1.54) is 5.56 Å². The summed E-state index contributed by atoms with van der Waals surface area (Å²) in [6, 6.07) is 20.5. The second-order valence-electron chi connectivity index (χ2n) is 5.01. The van der Waals surface area contributed by atoms with Crippen molar-refractivity contribution in [3.8, 4) is 0 Å². The molecule has 0 aliphatic heterocycles. The lowest BCUT2D eigenvalue weighted by atomic mass is 10.0. The molecule has 21 heavy (non-hydrogen) atoms. The molecule has 0 bridgehead atoms. The van der Waals surface area contributed by atoms with Gasteiger partial charge in [0.25, 0.3) is 0 Å². The van der Waals surface area contributed by atoms with E-state index in [2.05, 4.69) is 33.8 Å². The summed E-state index contributed by atoms with van der Waals surface area (Å²) >= 11 is 0. The van der Waals surface area contributed by atoms with E-state index in [0.29, 0.717) is 0 Å². The molecule has 0 saturated heterocycles. The Morgan fingerprint density at radius 1 is 0.952 bits per heavy atom. The molecule has 0 amide bonds. The predicted molar refractivity (Wildman–Crippen MR) is 82.1 cm³/mol. The number of furan rings is 1. The van der Waals surface area contributed by atoms with Crippen LogP contribution in [0.25, 0.3) is 11.0 Å². The molecule has 0 N–H and O–H groups in total. The zero-order valence-corrected chi connectivity index (χ0v) is 11.4. The van der Waals surface area contributed by atoms with Gasteiger partial charge < -0.3 is 8.98 Å². The molecule has 0 aliphatic carbocycles. The summed E-state index contributed by atoms with van der Waals surface area (Å²) in [5.74, 6) is 0.917. The summed E-state index contributed by atoms with van der Waals surface area (Å²) in [5.41, 5.74) is 2.09. The monoisotopic (exact) mass is 274 g/mol. The van der Waals surface area contributed by atoms with E-state index in [-0.39, 0.29) is 6.04 Å². The summed E-state index contributed by atoms with van der Waals surface area (Å²) in [4.78, 5) is 4.17. The molecule has 2 heterocycles. The Morgan fingerprint density at radius 2 is 1.76 bits per heavy atom. The molecule has 4 aromatic rings. The highest BCUT2D eigenvalue weighted by atomic mass is 16.3. The average molecular weight is 274 g/mol. The van der Waals surface area contributed by atoms with Crippen molar-refractivity contribution >= 4 is 11.0 Å². The molecule has 0 saturated carbocycles. The minimum Gasteiger partial charge on any atom is -0.458 e. The van der Waals surface area contributed by atoms with Crippen LogP contribution in [0, 0.1) is 0 Å². The maximum absolute atomic E-state index is 6.06. The maximum Gasteiger partial charge on any atom is 0.134 e. The standard InChI is InChI=1S/C18H14N2O/c1-2-6-14(7-3-1)18(20-11-10-19-13-20)17-12-15-8-4-5-9-16(15)21-17/h1-13,18H/t18-/m0/s1. The third-order valence-electron chi connectivity index (χ3n) is 3.65. The van der Waals surface area contributed by atoms with Crippen LogP contribution in [-0.2, 0) is 0 Å². The van der Waals surface area contributed by atoms with Gasteiger partial charge in [-0.25, -0.2) is 4.98 Å². The van der Waals surface area contributed by atoms with Gasteiger partial charge in [0.15, 0.2) is 0 Å². The van der Waals surface area contributed by atoms with Crippen LogP contribution in [0.15, 0.2) is 83.8 Å². The fourth-order valence-corrected chi connectivity index (χ4v) is 2.68. The second-order valence-corrected chi connectivity index (χ2v) is 5.01. The van der Waals surface area contributed by atoms with E-state index in [1.54, 1.807) is 6.20 Å². The topological polar surface area (TPSA) is 31.0 Å². The highest BCUT2D eigenvalue weighted by Crippen LogP contribution is 2.31. The largest absolute Gasteiger partial charge is 0.458 e. The SMILES string of the molecule is c1ccc([C@@H](c2cc3ccccc3o2)n2ccnc2)cc1. The Morgan fingerprint density at radius 3 is 2.52 bits per heavy atom. The van der Waals surface area contributed by atoms with Crippen molar-refractivity contribution in [3.05, 3.63) is 90.7 Å². The fourth-order valence-electron chi connectivity index (χ4n) is 2.68. The van der Waals surface area contributed by atoms with Crippen LogP contribution in [-0.4, -0.2) is 9.55 Å². The van der Waals surface area contributed by atoms with Gasteiger partial charge in [-0.2, -0.15) is 0 Å². The molecule has 0 radical (unpaired) electrons. The van der Waals surface area contributed by atoms with Gasteiger partial charge in [0.1, 0.15) is 17.4 Å². The van der Waals surface area contributed by atoms with Crippen molar-refractivity contribution in [2.45, 2.75) is 6.04 Å². The summed E-state index contributed by atoms with van der Waals surface area (Å²) < 4.78 is 8.12. The van der Waals surface area contributed by atoms with Crippen molar-refractivity contribution in [1.82, 2.24) is 9.55 Å². The smallest absolute Gasteiger partial charge is 0.134 e. The Kier molecular flexibility index (Phi) is 2.82. The van der Waals surface area contributed by atoms with Crippen LogP contribution in [0.5, 0.6) is 0 Å². The lowest BCUT2D eigenvalue weighted by Gasteiger charge is -2.16. The van der Waals surface area contributed by atoms with Crippen molar-refractivity contribution < 1.29 is 4.42 Å². The predicted octanol–water partition coefficient (Wildman–Crippen LogP) is 4.27. The maximum atomic E-state index is 6.06. The molecule has 0 aliphatic rings. The Labute approximate surface area is 122 Å². The lowest BCUT2D eigenvalue weighted by Crippen LogP contribution is -2.09. The van der Waals surface area contributed by atoms with E-state index in [4.69, 9.17) is 4.42 Å². The molecule has 102 valence electrons. The summed E-state index contributed by atoms with van der Waals surface area (Å²) in [5, 5.41) is 1.12. The van der Waals surface area contributed by atoms with Crippen LogP contribution in [0.2, 0.25) is 0 Å². The van der Waals surface area contributed by atoms with Crippen LogP contribution >= 0.6 is 0 Å². The van der Waals surface area contributed by atoms with E-state index in [9.17, 15) is 0 Å². The number of nitrogens with zero attached hydrogens (tertiary/aromatic N) is 2. The Balaban J connectivity index is 1.90. The van der Waals surface area contributed by atoms with Crippen molar-refractivity contribution in [2.24, 2.45) is 0 Å². The van der Waals surface area contributed by atoms with Gasteiger partial charge in [0, 0.05) is 17.8 Å². The van der Waals surface area contributed by atoms with Crippen molar-refractivity contribution in [3.63, 3.8) is 0 Å². The van der Waals surface area contributed by atoms with E-state index in [0.717, 1.165) is 16.7 Å². The summed E-state index contributed by atoms with van der Waals surface area (Å²) in [6.45, 7) is 0. The molecule has 0 spiro atoms. The zero-order valence-electron chi connectivity index (χ0n) is 11.4. The molecular weight excluding hydrogens is 260 g/mol. The fraction of sp³-hybridized carbons (Fsp3) is 0.0556. The van der Waals surface area contributed by atoms with Crippen LogP contribution in [0.4, 0.5) is 0 Å². The van der Waals surface area contributed by atoms with Gasteiger partial charge in [0.2, 0.25) is 0 Å². The average Bonchev–Trinajstić information content (AvgIpc) is 3.18. The van der Waals surface area contributed by atoms with Crippen LogP contribution in [0.3, 0.4) is 0 Å². The molecule has 3 nitrogen and oxygen atoms in total. The van der Waals surface area contributed by atoms with Gasteiger partial charge in [-0.15, -0.1) is 0 Å². The molecule has 0 fully saturated rings. The second kappa shape index (κ2) is 4.94. The van der Waals surface area contributed by atoms with Gasteiger partial charge in [-0.05, 0) is 17.7 Å². The minimum atomic E-state index is 0.00102. The van der Waals surface area contributed by atoms with E-state index in [1.807, 2.05) is 48.9 Å². The minimum absolute atomic E-state index is 0.00102. The first-order valence-electron chi connectivity index (χ1n) is 6.93. The molecule has 0 unspecified atom stereocenters. The highest BCUT2D eigenvalue weighted by molar-refractivity contribution is 5.78. The van der Waals surface area contributed by atoms with Crippen LogP contribution < -0.4 is 0 Å². The number of fused-ring (bicyclic) bond motifs is 1. The number of aromatic nitrogens is 2. The number of imidazole rings is 1. The zero-order chi connectivity index (χ0) is 14.1. The number of para-hydroxylation sites is 1. The van der Waals surface area contributed by atoms with E-state index < -0.39 is 0 Å². The molecule has 4 rings (SSSR count). The normalized spacial score (nSPS) is 12.6. The van der Waals surface area contributed by atoms with Crippen molar-refractivity contribution in [2.75, 3.05) is 0 Å². The number of rotatable bonds is 3. The third-order valence-corrected chi connectivity index (χ3v) is 3.65. The summed E-state index contributed by atoms with van der Waals surface area (Å²) in [6.07, 6.45) is 5.58. The number of benzene rings is 2. The Bertz CT molecular complexity index is 814. The van der Waals surface area contributed by atoms with E-state index >= 15 is 0 Å². The molecule has 2 aromatic carbocycles. The molecule has 2 aromatic heterocycles. The quantitative estimate of drug-likeness (QED) is 0.558. The number of hydrogen-bond acceptors (Lipinski definition) is 2. The third kappa shape index (κ3) is 2.13. The molecule has 3 heteroatoms. The molecule has 1 atom stereocenters. The highest BCUT2D eigenvalue weighted by Gasteiger charge is 2.19.